The third kappa shape index (κ3) is 3.51. The Hall–Kier alpha value is -2.81. The predicted molar refractivity (Wildman–Crippen MR) is 90.9 cm³/mol. The predicted octanol–water partition coefficient (Wildman–Crippen LogP) is 4.39. The second kappa shape index (κ2) is 6.97. The maximum absolute atomic E-state index is 12.2. The molecule has 0 aromatic heterocycles. The summed E-state index contributed by atoms with van der Waals surface area (Å²) in [4.78, 5) is 12.2. The molecule has 0 heterocycles. The van der Waals surface area contributed by atoms with Gasteiger partial charge >= 0.3 is 5.97 Å². The maximum Gasteiger partial charge on any atom is 0.311 e. The van der Waals surface area contributed by atoms with Gasteiger partial charge in [-0.15, -0.1) is 0 Å². The van der Waals surface area contributed by atoms with Crippen LogP contribution in [-0.2, 0) is 11.2 Å². The number of fused-ring (bicyclic) bond motifs is 1. The van der Waals surface area contributed by atoms with Gasteiger partial charge in [0.25, 0.3) is 0 Å². The van der Waals surface area contributed by atoms with E-state index in [1.165, 1.54) is 0 Å². The van der Waals surface area contributed by atoms with Crippen LogP contribution in [0.15, 0.2) is 66.7 Å². The highest BCUT2D eigenvalue weighted by Gasteiger charge is 2.10. The normalized spacial score (nSPS) is 10.5. The highest BCUT2D eigenvalue weighted by molar-refractivity contribution is 5.90. The first-order chi connectivity index (χ1) is 11.3. The average Bonchev–Trinajstić information content (AvgIpc) is 2.60. The zero-order valence-electron chi connectivity index (χ0n) is 13.0. The molecule has 0 N–H and O–H groups in total. The summed E-state index contributed by atoms with van der Waals surface area (Å²) in [5.74, 6) is 1.16. The minimum atomic E-state index is -0.243. The fourth-order valence-corrected chi connectivity index (χ4v) is 2.60. The minimum Gasteiger partial charge on any atom is -0.496 e. The van der Waals surface area contributed by atoms with E-state index in [4.69, 9.17) is 9.47 Å². The molecule has 0 saturated carbocycles. The van der Waals surface area contributed by atoms with Gasteiger partial charge in [0.05, 0.1) is 13.5 Å². The van der Waals surface area contributed by atoms with E-state index in [-0.39, 0.29) is 5.97 Å². The maximum atomic E-state index is 12.2. The Balaban J connectivity index is 1.69. The first-order valence-corrected chi connectivity index (χ1v) is 7.58. The summed E-state index contributed by atoms with van der Waals surface area (Å²) in [6.45, 7) is 0. The summed E-state index contributed by atoms with van der Waals surface area (Å²) in [6, 6.07) is 21.3. The molecule has 0 aliphatic rings. The fourth-order valence-electron chi connectivity index (χ4n) is 2.60. The van der Waals surface area contributed by atoms with Crippen molar-refractivity contribution in [3.05, 3.63) is 72.3 Å². The number of esters is 1. The van der Waals surface area contributed by atoms with Crippen LogP contribution in [0.1, 0.15) is 12.0 Å². The van der Waals surface area contributed by atoms with Crippen LogP contribution in [0, 0.1) is 0 Å². The number of hydrogen-bond acceptors (Lipinski definition) is 3. The molecule has 3 aromatic rings. The summed E-state index contributed by atoms with van der Waals surface area (Å²) in [6.07, 6.45) is 0.900. The number of aryl methyl sites for hydroxylation is 1. The van der Waals surface area contributed by atoms with Gasteiger partial charge in [-0.3, -0.25) is 4.79 Å². The van der Waals surface area contributed by atoms with Gasteiger partial charge in [-0.25, -0.2) is 0 Å². The largest absolute Gasteiger partial charge is 0.496 e. The van der Waals surface area contributed by atoms with Crippen molar-refractivity contribution in [1.82, 2.24) is 0 Å². The lowest BCUT2D eigenvalue weighted by Gasteiger charge is -2.09. The SMILES string of the molecule is COc1ccccc1CCC(=O)Oc1cccc2ccccc12. The number of carbonyl (C=O) groups excluding carboxylic acids is 1. The van der Waals surface area contributed by atoms with Crippen molar-refractivity contribution in [1.29, 1.82) is 0 Å². The highest BCUT2D eigenvalue weighted by Crippen LogP contribution is 2.26. The monoisotopic (exact) mass is 306 g/mol. The quantitative estimate of drug-likeness (QED) is 0.518. The van der Waals surface area contributed by atoms with Crippen LogP contribution in [0.25, 0.3) is 10.8 Å². The number of rotatable bonds is 5. The molecule has 0 aliphatic heterocycles. The van der Waals surface area contributed by atoms with E-state index in [1.54, 1.807) is 7.11 Å². The lowest BCUT2D eigenvalue weighted by Crippen LogP contribution is -2.09. The summed E-state index contributed by atoms with van der Waals surface area (Å²) in [5, 5.41) is 2.00. The van der Waals surface area contributed by atoms with Gasteiger partial charge in [0.15, 0.2) is 0 Å². The summed E-state index contributed by atoms with van der Waals surface area (Å²) in [5.41, 5.74) is 1.00. The molecule has 0 radical (unpaired) electrons. The molecule has 23 heavy (non-hydrogen) atoms. The van der Waals surface area contributed by atoms with Crippen molar-refractivity contribution in [3.63, 3.8) is 0 Å². The van der Waals surface area contributed by atoms with Crippen molar-refractivity contribution < 1.29 is 14.3 Å². The summed E-state index contributed by atoms with van der Waals surface area (Å²) >= 11 is 0. The Kier molecular flexibility index (Phi) is 4.57. The van der Waals surface area contributed by atoms with Gasteiger partial charge in [-0.05, 0) is 29.5 Å². The van der Waals surface area contributed by atoms with E-state index < -0.39 is 0 Å². The zero-order valence-corrected chi connectivity index (χ0v) is 13.0. The van der Waals surface area contributed by atoms with E-state index >= 15 is 0 Å². The lowest BCUT2D eigenvalue weighted by atomic mass is 10.1. The number of carbonyl (C=O) groups is 1. The van der Waals surface area contributed by atoms with Crippen LogP contribution in [0.2, 0.25) is 0 Å². The van der Waals surface area contributed by atoms with Crippen molar-refractivity contribution in [2.45, 2.75) is 12.8 Å². The smallest absolute Gasteiger partial charge is 0.311 e. The zero-order chi connectivity index (χ0) is 16.1. The molecule has 116 valence electrons. The summed E-state index contributed by atoms with van der Waals surface area (Å²) < 4.78 is 10.8. The van der Waals surface area contributed by atoms with Crippen LogP contribution in [0.3, 0.4) is 0 Å². The van der Waals surface area contributed by atoms with E-state index in [0.717, 1.165) is 22.1 Å². The number of hydrogen-bond donors (Lipinski definition) is 0. The molecule has 0 unspecified atom stereocenters. The van der Waals surface area contributed by atoms with E-state index in [9.17, 15) is 4.79 Å². The third-order valence-corrected chi connectivity index (χ3v) is 3.76. The second-order valence-electron chi connectivity index (χ2n) is 5.26. The van der Waals surface area contributed by atoms with E-state index in [2.05, 4.69) is 0 Å². The van der Waals surface area contributed by atoms with Crippen molar-refractivity contribution >= 4 is 16.7 Å². The first kappa shape index (κ1) is 15.1. The number of benzene rings is 3. The molecular formula is C20H18O3. The molecular weight excluding hydrogens is 288 g/mol. The van der Waals surface area contributed by atoms with Crippen LogP contribution >= 0.6 is 0 Å². The van der Waals surface area contributed by atoms with Crippen molar-refractivity contribution in [2.75, 3.05) is 7.11 Å². The summed E-state index contributed by atoms with van der Waals surface area (Å²) in [7, 11) is 1.63. The Morgan fingerprint density at radius 1 is 0.870 bits per heavy atom. The van der Waals surface area contributed by atoms with Gasteiger partial charge in [-0.2, -0.15) is 0 Å². The van der Waals surface area contributed by atoms with Gasteiger partial charge in [0, 0.05) is 5.39 Å². The Bertz CT molecular complexity index is 818. The Labute approximate surface area is 135 Å². The molecule has 0 spiro atoms. The lowest BCUT2D eigenvalue weighted by molar-refractivity contribution is -0.134. The second-order valence-corrected chi connectivity index (χ2v) is 5.26. The molecule has 3 aromatic carbocycles. The fraction of sp³-hybridized carbons (Fsp3) is 0.150. The van der Waals surface area contributed by atoms with Gasteiger partial charge in [-0.1, -0.05) is 54.6 Å². The van der Waals surface area contributed by atoms with Crippen molar-refractivity contribution in [2.24, 2.45) is 0 Å². The van der Waals surface area contributed by atoms with E-state index in [1.807, 2.05) is 66.7 Å². The topological polar surface area (TPSA) is 35.5 Å². The molecule has 0 atom stereocenters. The van der Waals surface area contributed by atoms with Gasteiger partial charge < -0.3 is 9.47 Å². The number of ether oxygens (including phenoxy) is 2. The molecule has 3 nitrogen and oxygen atoms in total. The number of methoxy groups -OCH3 is 1. The highest BCUT2D eigenvalue weighted by atomic mass is 16.5. The first-order valence-electron chi connectivity index (χ1n) is 7.58. The molecule has 0 fully saturated rings. The molecule has 0 bridgehead atoms. The molecule has 3 rings (SSSR count). The van der Waals surface area contributed by atoms with E-state index in [0.29, 0.717) is 18.6 Å². The van der Waals surface area contributed by atoms with Crippen molar-refractivity contribution in [3.8, 4) is 11.5 Å². The molecule has 0 aliphatic carbocycles. The average molecular weight is 306 g/mol. The van der Waals surface area contributed by atoms with Gasteiger partial charge in [0.1, 0.15) is 11.5 Å². The van der Waals surface area contributed by atoms with Gasteiger partial charge in [0.2, 0.25) is 0 Å². The minimum absolute atomic E-state index is 0.243. The Morgan fingerprint density at radius 3 is 2.43 bits per heavy atom. The molecule has 0 saturated heterocycles. The van der Waals surface area contributed by atoms with Crippen LogP contribution in [-0.4, -0.2) is 13.1 Å². The van der Waals surface area contributed by atoms with Crippen LogP contribution < -0.4 is 9.47 Å². The molecule has 3 heteroatoms. The Morgan fingerprint density at radius 2 is 1.57 bits per heavy atom. The van der Waals surface area contributed by atoms with Crippen LogP contribution in [0.5, 0.6) is 11.5 Å². The number of para-hydroxylation sites is 1. The molecule has 0 amide bonds. The van der Waals surface area contributed by atoms with Crippen LogP contribution in [0.4, 0.5) is 0 Å². The standard InChI is InChI=1S/C20H18O3/c1-22-18-11-5-3-8-16(18)13-14-20(21)23-19-12-6-9-15-7-2-4-10-17(15)19/h2-12H,13-14H2,1H3. The third-order valence-electron chi connectivity index (χ3n) is 3.76.